The molecule has 162 valence electrons. The predicted molar refractivity (Wildman–Crippen MR) is 117 cm³/mol. The van der Waals surface area contributed by atoms with E-state index in [2.05, 4.69) is 44.7 Å². The highest BCUT2D eigenvalue weighted by atomic mass is 16.2. The van der Waals surface area contributed by atoms with Crippen molar-refractivity contribution in [2.24, 2.45) is 11.7 Å². The van der Waals surface area contributed by atoms with Crippen molar-refractivity contribution in [3.05, 3.63) is 41.1 Å². The normalized spacial score (nSPS) is 10.8. The predicted octanol–water partition coefficient (Wildman–Crippen LogP) is 1.35. The Kier molecular flexibility index (Phi) is 8.67. The smallest absolute Gasteiger partial charge is 0.271 e. The van der Waals surface area contributed by atoms with Gasteiger partial charge < -0.3 is 21.7 Å². The van der Waals surface area contributed by atoms with Crippen molar-refractivity contribution in [3.8, 4) is 0 Å². The van der Waals surface area contributed by atoms with Gasteiger partial charge in [-0.1, -0.05) is 20.8 Å². The number of anilines is 2. The summed E-state index contributed by atoms with van der Waals surface area (Å²) in [6, 6.07) is 3.64. The number of pyridine rings is 1. The highest BCUT2D eigenvalue weighted by Gasteiger charge is 2.18. The van der Waals surface area contributed by atoms with E-state index >= 15 is 0 Å². The number of carbonyl (C=O) groups excluding carboxylic acids is 2. The Labute approximate surface area is 177 Å². The third-order valence-corrected chi connectivity index (χ3v) is 4.34. The van der Waals surface area contributed by atoms with Crippen LogP contribution in [0.25, 0.3) is 0 Å². The van der Waals surface area contributed by atoms with Crippen molar-refractivity contribution in [3.63, 3.8) is 0 Å². The molecule has 0 aromatic carbocycles. The molecular weight excluding hydrogens is 382 g/mol. The first kappa shape index (κ1) is 23.2. The Bertz CT molecular complexity index is 884. The molecule has 5 N–H and O–H groups in total. The lowest BCUT2D eigenvalue weighted by atomic mass is 10.0. The zero-order valence-corrected chi connectivity index (χ0v) is 18.1. The van der Waals surface area contributed by atoms with Gasteiger partial charge in [0.2, 0.25) is 5.91 Å². The molecule has 9 nitrogen and oxygen atoms in total. The Morgan fingerprint density at radius 3 is 2.60 bits per heavy atom. The molecule has 0 aliphatic carbocycles. The molecule has 0 saturated heterocycles. The molecule has 2 amide bonds. The van der Waals surface area contributed by atoms with Crippen LogP contribution in [0.5, 0.6) is 0 Å². The van der Waals surface area contributed by atoms with Gasteiger partial charge >= 0.3 is 0 Å². The molecule has 0 saturated carbocycles. The Balaban J connectivity index is 2.22. The quantitative estimate of drug-likeness (QED) is 0.437. The van der Waals surface area contributed by atoms with Crippen molar-refractivity contribution in [1.82, 2.24) is 25.6 Å². The fourth-order valence-corrected chi connectivity index (χ4v) is 2.98. The molecule has 30 heavy (non-hydrogen) atoms. The molecule has 0 bridgehead atoms. The molecule has 2 aromatic rings. The first-order chi connectivity index (χ1) is 14.3. The van der Waals surface area contributed by atoms with E-state index in [9.17, 15) is 9.59 Å². The van der Waals surface area contributed by atoms with Crippen LogP contribution in [0.4, 0.5) is 11.5 Å². The topological polar surface area (TPSA) is 135 Å². The van der Waals surface area contributed by atoms with E-state index < -0.39 is 5.91 Å². The maximum absolute atomic E-state index is 12.0. The first-order valence-electron chi connectivity index (χ1n) is 10.2. The van der Waals surface area contributed by atoms with E-state index in [0.717, 1.165) is 29.2 Å². The maximum atomic E-state index is 12.0. The number of nitrogens with zero attached hydrogens (tertiary/aromatic N) is 3. The number of hydrogen-bond acceptors (Lipinski definition) is 7. The summed E-state index contributed by atoms with van der Waals surface area (Å²) in [4.78, 5) is 37.0. The Morgan fingerprint density at radius 1 is 1.20 bits per heavy atom. The molecule has 0 aliphatic heterocycles. The van der Waals surface area contributed by atoms with Crippen LogP contribution in [0.1, 0.15) is 48.3 Å². The molecule has 2 aromatic heterocycles. The van der Waals surface area contributed by atoms with Crippen molar-refractivity contribution in [1.29, 1.82) is 0 Å². The van der Waals surface area contributed by atoms with Crippen molar-refractivity contribution in [2.45, 2.75) is 40.0 Å². The van der Waals surface area contributed by atoms with E-state index in [1.165, 1.54) is 0 Å². The lowest BCUT2D eigenvalue weighted by molar-refractivity contribution is -0.120. The highest BCUT2D eigenvalue weighted by molar-refractivity contribution is 5.96. The van der Waals surface area contributed by atoms with E-state index in [4.69, 9.17) is 5.73 Å². The fourth-order valence-electron chi connectivity index (χ4n) is 2.98. The van der Waals surface area contributed by atoms with Gasteiger partial charge in [0.15, 0.2) is 11.5 Å². The Hall–Kier alpha value is -3.07. The van der Waals surface area contributed by atoms with Gasteiger partial charge in [-0.05, 0) is 37.9 Å². The summed E-state index contributed by atoms with van der Waals surface area (Å²) >= 11 is 0. The van der Waals surface area contributed by atoms with Crippen molar-refractivity contribution < 1.29 is 9.59 Å². The van der Waals surface area contributed by atoms with Crippen LogP contribution in [-0.4, -0.2) is 46.9 Å². The summed E-state index contributed by atoms with van der Waals surface area (Å²) in [7, 11) is 1.72. The molecule has 0 spiro atoms. The van der Waals surface area contributed by atoms with E-state index in [1.807, 2.05) is 13.0 Å². The number of aromatic nitrogens is 3. The van der Waals surface area contributed by atoms with Crippen molar-refractivity contribution >= 4 is 23.3 Å². The van der Waals surface area contributed by atoms with Crippen LogP contribution in [0.2, 0.25) is 0 Å². The van der Waals surface area contributed by atoms with Gasteiger partial charge in [0, 0.05) is 30.5 Å². The number of nitrogens with one attached hydrogen (secondary N) is 3. The summed E-state index contributed by atoms with van der Waals surface area (Å²) in [5.74, 6) is 0.0523. The van der Waals surface area contributed by atoms with Gasteiger partial charge in [0.05, 0.1) is 17.9 Å². The third kappa shape index (κ3) is 6.77. The monoisotopic (exact) mass is 413 g/mol. The summed E-state index contributed by atoms with van der Waals surface area (Å²) in [5.41, 5.74) is 8.84. The van der Waals surface area contributed by atoms with Crippen LogP contribution < -0.4 is 21.7 Å². The van der Waals surface area contributed by atoms with Gasteiger partial charge in [0.1, 0.15) is 0 Å². The SMILES string of the molecule is CCc1nc(C(N)=O)c(Nc2ccnc(CCNC(=O)CNC)c2)nc1CC(C)C. The maximum Gasteiger partial charge on any atom is 0.271 e. The van der Waals surface area contributed by atoms with Gasteiger partial charge in [0.25, 0.3) is 5.91 Å². The number of amides is 2. The van der Waals surface area contributed by atoms with Gasteiger partial charge in [-0.25, -0.2) is 9.97 Å². The molecular formula is C21H31N7O2. The third-order valence-electron chi connectivity index (χ3n) is 4.34. The summed E-state index contributed by atoms with van der Waals surface area (Å²) in [6.07, 6.45) is 3.68. The molecule has 0 aliphatic rings. The zero-order valence-electron chi connectivity index (χ0n) is 18.1. The average molecular weight is 414 g/mol. The summed E-state index contributed by atoms with van der Waals surface area (Å²) in [6.45, 7) is 6.96. The van der Waals surface area contributed by atoms with E-state index in [1.54, 1.807) is 19.3 Å². The number of aryl methyl sites for hydroxylation is 1. The second-order valence-corrected chi connectivity index (χ2v) is 7.42. The van der Waals surface area contributed by atoms with E-state index in [-0.39, 0.29) is 18.1 Å². The van der Waals surface area contributed by atoms with Crippen LogP contribution >= 0.6 is 0 Å². The zero-order chi connectivity index (χ0) is 22.1. The second kappa shape index (κ2) is 11.2. The molecule has 0 fully saturated rings. The lowest BCUT2D eigenvalue weighted by Crippen LogP contribution is -2.33. The standard InChI is InChI=1S/C21H31N7O2/c1-5-16-17(10-13(2)3)28-21(19(27-16)20(22)30)26-15-7-8-24-14(11-15)6-9-25-18(29)12-23-4/h7-8,11,13,23H,5-6,9-10,12H2,1-4H3,(H2,22,30)(H,25,29)(H,24,26,28). The number of carbonyl (C=O) groups is 2. The molecule has 9 heteroatoms. The van der Waals surface area contributed by atoms with E-state index in [0.29, 0.717) is 31.1 Å². The Morgan fingerprint density at radius 2 is 1.97 bits per heavy atom. The molecule has 0 radical (unpaired) electrons. The van der Waals surface area contributed by atoms with Crippen LogP contribution in [0.3, 0.4) is 0 Å². The van der Waals surface area contributed by atoms with Gasteiger partial charge in [-0.2, -0.15) is 0 Å². The minimum Gasteiger partial charge on any atom is -0.364 e. The highest BCUT2D eigenvalue weighted by Crippen LogP contribution is 2.21. The minimum absolute atomic E-state index is 0.0677. The number of primary amides is 1. The van der Waals surface area contributed by atoms with Gasteiger partial charge in [-0.15, -0.1) is 0 Å². The number of likely N-dealkylation sites (N-methyl/N-ethyl adjacent to an activating group) is 1. The van der Waals surface area contributed by atoms with Crippen LogP contribution in [0, 0.1) is 5.92 Å². The van der Waals surface area contributed by atoms with Crippen LogP contribution in [0.15, 0.2) is 18.3 Å². The van der Waals surface area contributed by atoms with Crippen molar-refractivity contribution in [2.75, 3.05) is 25.5 Å². The van der Waals surface area contributed by atoms with Gasteiger partial charge in [-0.3, -0.25) is 14.6 Å². The number of rotatable bonds is 11. The lowest BCUT2D eigenvalue weighted by Gasteiger charge is -2.15. The average Bonchev–Trinajstić information content (AvgIpc) is 2.68. The number of hydrogen-bond donors (Lipinski definition) is 4. The molecule has 2 rings (SSSR count). The fraction of sp³-hybridized carbons (Fsp3) is 0.476. The van der Waals surface area contributed by atoms with Crippen LogP contribution in [-0.2, 0) is 24.1 Å². The molecule has 0 atom stereocenters. The molecule has 2 heterocycles. The summed E-state index contributed by atoms with van der Waals surface area (Å²) < 4.78 is 0. The summed E-state index contributed by atoms with van der Waals surface area (Å²) in [5, 5.41) is 8.79. The molecule has 0 unspecified atom stereocenters. The second-order valence-electron chi connectivity index (χ2n) is 7.42. The minimum atomic E-state index is -0.627. The largest absolute Gasteiger partial charge is 0.364 e. The number of nitrogens with two attached hydrogens (primary N) is 1. The first-order valence-corrected chi connectivity index (χ1v) is 10.2.